The molecule has 1 heterocycles. The standard InChI is InChI=1S/C21H20N2O5/c24-19(13-12-16-8-4-5-11-18(16)23(26)27)28-20(17-9-2-1-3-10-17)21(25)22-14-6-7-15-22/h1-5,8-13,20H,6-7,14-15H2/b13-12+/t20-/m1/s1. The third kappa shape index (κ3) is 4.62. The second kappa shape index (κ2) is 8.94. The molecule has 0 aliphatic carbocycles. The Morgan fingerprint density at radius 3 is 2.36 bits per heavy atom. The molecule has 3 rings (SSSR count). The summed E-state index contributed by atoms with van der Waals surface area (Å²) in [7, 11) is 0. The molecule has 2 aromatic rings. The summed E-state index contributed by atoms with van der Waals surface area (Å²) in [5, 5.41) is 11.1. The number of carbonyl (C=O) groups is 2. The van der Waals surface area contributed by atoms with Crippen molar-refractivity contribution in [2.24, 2.45) is 0 Å². The van der Waals surface area contributed by atoms with Crippen LogP contribution in [0.15, 0.2) is 60.7 Å². The quantitative estimate of drug-likeness (QED) is 0.331. The first-order valence-corrected chi connectivity index (χ1v) is 9.02. The molecule has 2 aromatic carbocycles. The zero-order valence-corrected chi connectivity index (χ0v) is 15.2. The monoisotopic (exact) mass is 380 g/mol. The van der Waals surface area contributed by atoms with E-state index in [1.165, 1.54) is 18.2 Å². The van der Waals surface area contributed by atoms with Gasteiger partial charge in [0, 0.05) is 30.8 Å². The van der Waals surface area contributed by atoms with Crippen LogP contribution in [0.25, 0.3) is 6.08 Å². The molecule has 7 nitrogen and oxygen atoms in total. The van der Waals surface area contributed by atoms with Gasteiger partial charge in [0.15, 0.2) is 0 Å². The van der Waals surface area contributed by atoms with Crippen LogP contribution in [0.5, 0.6) is 0 Å². The Bertz CT molecular complexity index is 889. The molecule has 1 aliphatic heterocycles. The molecule has 0 aromatic heterocycles. The summed E-state index contributed by atoms with van der Waals surface area (Å²) in [6, 6.07) is 14.9. The fourth-order valence-corrected chi connectivity index (χ4v) is 3.10. The van der Waals surface area contributed by atoms with Crippen LogP contribution in [0.1, 0.15) is 30.1 Å². The molecule has 7 heteroatoms. The maximum atomic E-state index is 12.8. The fraction of sp³-hybridized carbons (Fsp3) is 0.238. The number of rotatable bonds is 6. The molecule has 0 radical (unpaired) electrons. The summed E-state index contributed by atoms with van der Waals surface area (Å²) in [4.78, 5) is 37.4. The number of ether oxygens (including phenoxy) is 1. The number of esters is 1. The van der Waals surface area contributed by atoms with Gasteiger partial charge in [0.25, 0.3) is 11.6 Å². The molecule has 0 saturated carbocycles. The van der Waals surface area contributed by atoms with Crippen molar-refractivity contribution in [2.45, 2.75) is 18.9 Å². The maximum absolute atomic E-state index is 12.8. The van der Waals surface area contributed by atoms with Gasteiger partial charge in [0.1, 0.15) is 0 Å². The first-order valence-electron chi connectivity index (χ1n) is 9.02. The smallest absolute Gasteiger partial charge is 0.331 e. The molecular weight excluding hydrogens is 360 g/mol. The molecule has 0 unspecified atom stereocenters. The first-order chi connectivity index (χ1) is 13.6. The highest BCUT2D eigenvalue weighted by Crippen LogP contribution is 2.24. The van der Waals surface area contributed by atoms with Crippen molar-refractivity contribution in [3.63, 3.8) is 0 Å². The summed E-state index contributed by atoms with van der Waals surface area (Å²) in [6.07, 6.45) is 3.25. The Labute approximate surface area is 162 Å². The highest BCUT2D eigenvalue weighted by Gasteiger charge is 2.30. The van der Waals surface area contributed by atoms with Crippen LogP contribution in [-0.4, -0.2) is 34.8 Å². The van der Waals surface area contributed by atoms with E-state index in [1.54, 1.807) is 41.3 Å². The summed E-state index contributed by atoms with van der Waals surface area (Å²) >= 11 is 0. The minimum Gasteiger partial charge on any atom is -0.444 e. The number of hydrogen-bond acceptors (Lipinski definition) is 5. The van der Waals surface area contributed by atoms with E-state index in [0.717, 1.165) is 18.9 Å². The third-order valence-electron chi connectivity index (χ3n) is 4.51. The first kappa shape index (κ1) is 19.3. The van der Waals surface area contributed by atoms with Crippen molar-refractivity contribution in [1.82, 2.24) is 4.90 Å². The van der Waals surface area contributed by atoms with Gasteiger partial charge in [0.2, 0.25) is 6.10 Å². The van der Waals surface area contributed by atoms with Crippen LogP contribution in [0.4, 0.5) is 5.69 Å². The molecule has 28 heavy (non-hydrogen) atoms. The van der Waals surface area contributed by atoms with E-state index < -0.39 is 17.0 Å². The van der Waals surface area contributed by atoms with E-state index in [2.05, 4.69) is 0 Å². The van der Waals surface area contributed by atoms with Crippen LogP contribution in [0.3, 0.4) is 0 Å². The fourth-order valence-electron chi connectivity index (χ4n) is 3.10. The summed E-state index contributed by atoms with van der Waals surface area (Å²) in [5.74, 6) is -0.990. The van der Waals surface area contributed by atoms with E-state index >= 15 is 0 Å². The molecule has 1 aliphatic rings. The van der Waals surface area contributed by atoms with E-state index in [9.17, 15) is 19.7 Å². The molecular formula is C21H20N2O5. The lowest BCUT2D eigenvalue weighted by Crippen LogP contribution is -2.34. The Balaban J connectivity index is 1.78. The summed E-state index contributed by atoms with van der Waals surface area (Å²) < 4.78 is 5.45. The molecule has 0 spiro atoms. The minimum atomic E-state index is -1.04. The second-order valence-electron chi connectivity index (χ2n) is 6.41. The van der Waals surface area contributed by atoms with E-state index in [0.29, 0.717) is 18.7 Å². The van der Waals surface area contributed by atoms with Crippen LogP contribution < -0.4 is 0 Å². The maximum Gasteiger partial charge on any atom is 0.331 e. The van der Waals surface area contributed by atoms with Crippen molar-refractivity contribution in [3.05, 3.63) is 81.9 Å². The Hall–Kier alpha value is -3.48. The lowest BCUT2D eigenvalue weighted by molar-refractivity contribution is -0.385. The van der Waals surface area contributed by atoms with Gasteiger partial charge in [0.05, 0.1) is 10.5 Å². The van der Waals surface area contributed by atoms with Crippen LogP contribution in [0, 0.1) is 10.1 Å². The van der Waals surface area contributed by atoms with Crippen molar-refractivity contribution < 1.29 is 19.2 Å². The normalized spacial score (nSPS) is 14.8. The number of amides is 1. The van der Waals surface area contributed by atoms with Gasteiger partial charge in [-0.1, -0.05) is 42.5 Å². The molecule has 0 N–H and O–H groups in total. The van der Waals surface area contributed by atoms with Gasteiger partial charge in [-0.15, -0.1) is 0 Å². The predicted molar refractivity (Wildman–Crippen MR) is 103 cm³/mol. The zero-order valence-electron chi connectivity index (χ0n) is 15.2. The van der Waals surface area contributed by atoms with Crippen LogP contribution in [-0.2, 0) is 14.3 Å². The van der Waals surface area contributed by atoms with E-state index in [4.69, 9.17) is 4.74 Å². The average molecular weight is 380 g/mol. The summed E-state index contributed by atoms with van der Waals surface area (Å²) in [6.45, 7) is 1.29. The van der Waals surface area contributed by atoms with Gasteiger partial charge < -0.3 is 9.64 Å². The zero-order chi connectivity index (χ0) is 19.9. The lowest BCUT2D eigenvalue weighted by atomic mass is 10.1. The van der Waals surface area contributed by atoms with Gasteiger partial charge in [-0.05, 0) is 25.0 Å². The predicted octanol–water partition coefficient (Wildman–Crippen LogP) is 3.51. The molecule has 1 amide bonds. The number of para-hydroxylation sites is 1. The Morgan fingerprint density at radius 1 is 1.04 bits per heavy atom. The lowest BCUT2D eigenvalue weighted by Gasteiger charge is -2.23. The largest absolute Gasteiger partial charge is 0.444 e. The second-order valence-corrected chi connectivity index (χ2v) is 6.41. The molecule has 0 bridgehead atoms. The molecule has 144 valence electrons. The summed E-state index contributed by atoms with van der Waals surface area (Å²) in [5.41, 5.74) is 0.762. The van der Waals surface area contributed by atoms with Gasteiger partial charge in [-0.3, -0.25) is 14.9 Å². The number of benzene rings is 2. The highest BCUT2D eigenvalue weighted by atomic mass is 16.6. The van der Waals surface area contributed by atoms with Gasteiger partial charge in [-0.2, -0.15) is 0 Å². The topological polar surface area (TPSA) is 89.7 Å². The van der Waals surface area contributed by atoms with Gasteiger partial charge >= 0.3 is 5.97 Å². The number of carbonyl (C=O) groups excluding carboxylic acids is 2. The number of likely N-dealkylation sites (tertiary alicyclic amines) is 1. The van der Waals surface area contributed by atoms with Crippen molar-refractivity contribution in [2.75, 3.05) is 13.1 Å². The van der Waals surface area contributed by atoms with Crippen molar-refractivity contribution in [3.8, 4) is 0 Å². The Kier molecular flexibility index (Phi) is 6.16. The highest BCUT2D eigenvalue weighted by molar-refractivity contribution is 5.91. The average Bonchev–Trinajstić information content (AvgIpc) is 3.25. The number of nitro benzene ring substituents is 1. The number of nitro groups is 1. The molecule has 1 atom stereocenters. The van der Waals surface area contributed by atoms with Crippen molar-refractivity contribution in [1.29, 1.82) is 0 Å². The molecule has 1 saturated heterocycles. The van der Waals surface area contributed by atoms with E-state index in [1.807, 2.05) is 6.07 Å². The third-order valence-corrected chi connectivity index (χ3v) is 4.51. The van der Waals surface area contributed by atoms with Crippen LogP contribution >= 0.6 is 0 Å². The molecule has 1 fully saturated rings. The van der Waals surface area contributed by atoms with E-state index in [-0.39, 0.29) is 17.2 Å². The SMILES string of the molecule is O=C(/C=C/c1ccccc1[N+](=O)[O-])O[C@@H](C(=O)N1CCCC1)c1ccccc1. The minimum absolute atomic E-state index is 0.112. The number of nitrogens with zero attached hydrogens (tertiary/aromatic N) is 2. The Morgan fingerprint density at radius 2 is 1.68 bits per heavy atom. The van der Waals surface area contributed by atoms with Crippen LogP contribution in [0.2, 0.25) is 0 Å². The van der Waals surface area contributed by atoms with Crippen molar-refractivity contribution >= 4 is 23.6 Å². The van der Waals surface area contributed by atoms with Gasteiger partial charge in [-0.25, -0.2) is 4.79 Å². The number of hydrogen-bond donors (Lipinski definition) is 0.